The number of tetrazole rings is 1. The van der Waals surface area contributed by atoms with Crippen molar-refractivity contribution in [2.24, 2.45) is 7.05 Å². The standard InChI is InChI=1S/C15H13FN4O/c1-20-15(17-18-19-20)12-7-8-14(13(16)9-12)21-10-11-5-3-2-4-6-11/h2-9H,10H2,1H3. The predicted molar refractivity (Wildman–Crippen MR) is 75.0 cm³/mol. The van der Waals surface area contributed by atoms with Crippen molar-refractivity contribution in [3.05, 3.63) is 59.9 Å². The molecule has 0 saturated heterocycles. The first-order valence-corrected chi connectivity index (χ1v) is 6.43. The van der Waals surface area contributed by atoms with Crippen LogP contribution in [0.3, 0.4) is 0 Å². The van der Waals surface area contributed by atoms with Crippen molar-refractivity contribution in [1.29, 1.82) is 0 Å². The van der Waals surface area contributed by atoms with Crippen LogP contribution >= 0.6 is 0 Å². The third-order valence-corrected chi connectivity index (χ3v) is 3.05. The van der Waals surface area contributed by atoms with Gasteiger partial charge in [0.05, 0.1) is 0 Å². The number of hydrogen-bond donors (Lipinski definition) is 0. The molecule has 106 valence electrons. The van der Waals surface area contributed by atoms with Crippen LogP contribution < -0.4 is 4.74 Å². The van der Waals surface area contributed by atoms with Crippen molar-refractivity contribution in [3.8, 4) is 17.1 Å². The van der Waals surface area contributed by atoms with E-state index in [1.54, 1.807) is 19.2 Å². The Labute approximate surface area is 121 Å². The van der Waals surface area contributed by atoms with Gasteiger partial charge in [-0.05, 0) is 34.2 Å². The van der Waals surface area contributed by atoms with Crippen LogP contribution in [0.15, 0.2) is 48.5 Å². The maximum absolute atomic E-state index is 14.1. The van der Waals surface area contributed by atoms with E-state index in [1.165, 1.54) is 10.7 Å². The molecule has 0 aliphatic heterocycles. The average molecular weight is 284 g/mol. The molecule has 0 aliphatic rings. The Morgan fingerprint density at radius 3 is 2.62 bits per heavy atom. The summed E-state index contributed by atoms with van der Waals surface area (Å²) in [7, 11) is 1.70. The Hall–Kier alpha value is -2.76. The highest BCUT2D eigenvalue weighted by Crippen LogP contribution is 2.24. The van der Waals surface area contributed by atoms with Gasteiger partial charge in [-0.15, -0.1) is 5.10 Å². The number of nitrogens with zero attached hydrogens (tertiary/aromatic N) is 4. The van der Waals surface area contributed by atoms with E-state index in [0.29, 0.717) is 18.0 Å². The molecule has 0 N–H and O–H groups in total. The molecule has 0 atom stereocenters. The molecule has 0 radical (unpaired) electrons. The van der Waals surface area contributed by atoms with Crippen LogP contribution in [0.4, 0.5) is 4.39 Å². The lowest BCUT2D eigenvalue weighted by atomic mass is 10.2. The average Bonchev–Trinajstić information content (AvgIpc) is 2.93. The van der Waals surface area contributed by atoms with Crippen molar-refractivity contribution < 1.29 is 9.13 Å². The molecule has 2 aromatic carbocycles. The van der Waals surface area contributed by atoms with Gasteiger partial charge in [0, 0.05) is 12.6 Å². The molecule has 0 aliphatic carbocycles. The second kappa shape index (κ2) is 5.70. The summed E-state index contributed by atoms with van der Waals surface area (Å²) in [5, 5.41) is 11.1. The molecule has 0 fully saturated rings. The molecule has 0 bridgehead atoms. The van der Waals surface area contributed by atoms with Gasteiger partial charge in [0.25, 0.3) is 0 Å². The van der Waals surface area contributed by atoms with Crippen LogP contribution in [0.1, 0.15) is 5.56 Å². The van der Waals surface area contributed by atoms with Crippen molar-refractivity contribution in [3.63, 3.8) is 0 Å². The van der Waals surface area contributed by atoms with E-state index in [1.807, 2.05) is 30.3 Å². The van der Waals surface area contributed by atoms with E-state index in [9.17, 15) is 4.39 Å². The largest absolute Gasteiger partial charge is 0.486 e. The summed E-state index contributed by atoms with van der Waals surface area (Å²) >= 11 is 0. The molecule has 21 heavy (non-hydrogen) atoms. The third kappa shape index (κ3) is 2.89. The Morgan fingerprint density at radius 1 is 1.14 bits per heavy atom. The highest BCUT2D eigenvalue weighted by molar-refractivity contribution is 5.56. The van der Waals surface area contributed by atoms with Crippen LogP contribution in [0, 0.1) is 5.82 Å². The molecule has 0 amide bonds. The fraction of sp³-hybridized carbons (Fsp3) is 0.133. The zero-order chi connectivity index (χ0) is 14.7. The van der Waals surface area contributed by atoms with E-state index in [-0.39, 0.29) is 5.75 Å². The first-order valence-electron chi connectivity index (χ1n) is 6.43. The van der Waals surface area contributed by atoms with Crippen molar-refractivity contribution in [2.45, 2.75) is 6.61 Å². The van der Waals surface area contributed by atoms with Gasteiger partial charge < -0.3 is 4.74 Å². The second-order valence-electron chi connectivity index (χ2n) is 4.55. The number of hydrogen-bond acceptors (Lipinski definition) is 4. The Balaban J connectivity index is 1.77. The number of benzene rings is 2. The zero-order valence-electron chi connectivity index (χ0n) is 11.4. The Kier molecular flexibility index (Phi) is 3.59. The highest BCUT2D eigenvalue weighted by Gasteiger charge is 2.10. The third-order valence-electron chi connectivity index (χ3n) is 3.05. The van der Waals surface area contributed by atoms with E-state index in [2.05, 4.69) is 15.5 Å². The van der Waals surface area contributed by atoms with Crippen LogP contribution in [-0.4, -0.2) is 20.2 Å². The summed E-state index contributed by atoms with van der Waals surface area (Å²) < 4.78 is 21.1. The van der Waals surface area contributed by atoms with Gasteiger partial charge in [-0.25, -0.2) is 9.07 Å². The van der Waals surface area contributed by atoms with Crippen molar-refractivity contribution in [1.82, 2.24) is 20.2 Å². The lowest BCUT2D eigenvalue weighted by Gasteiger charge is -2.08. The van der Waals surface area contributed by atoms with E-state index in [4.69, 9.17) is 4.74 Å². The normalized spacial score (nSPS) is 10.6. The fourth-order valence-electron chi connectivity index (χ4n) is 1.97. The lowest BCUT2D eigenvalue weighted by Crippen LogP contribution is -1.99. The van der Waals surface area contributed by atoms with Gasteiger partial charge in [0.15, 0.2) is 17.4 Å². The first-order chi connectivity index (χ1) is 10.2. The maximum atomic E-state index is 14.1. The van der Waals surface area contributed by atoms with Crippen LogP contribution in [-0.2, 0) is 13.7 Å². The van der Waals surface area contributed by atoms with E-state index >= 15 is 0 Å². The van der Waals surface area contributed by atoms with Gasteiger partial charge in [-0.1, -0.05) is 30.3 Å². The maximum Gasteiger partial charge on any atom is 0.181 e. The van der Waals surface area contributed by atoms with Crippen LogP contribution in [0.25, 0.3) is 11.4 Å². The number of aryl methyl sites for hydroxylation is 1. The molecule has 1 heterocycles. The molecular formula is C15H13FN4O. The number of rotatable bonds is 4. The Bertz CT molecular complexity index is 742. The minimum Gasteiger partial charge on any atom is -0.486 e. The highest BCUT2D eigenvalue weighted by atomic mass is 19.1. The first kappa shape index (κ1) is 13.2. The summed E-state index contributed by atoms with van der Waals surface area (Å²) in [4.78, 5) is 0. The van der Waals surface area contributed by atoms with Crippen molar-refractivity contribution >= 4 is 0 Å². The summed E-state index contributed by atoms with van der Waals surface area (Å²) in [6.07, 6.45) is 0. The van der Waals surface area contributed by atoms with Crippen LogP contribution in [0.5, 0.6) is 5.75 Å². The molecule has 3 rings (SSSR count). The molecule has 0 saturated carbocycles. The number of aromatic nitrogens is 4. The van der Waals surface area contributed by atoms with Crippen LogP contribution in [0.2, 0.25) is 0 Å². The van der Waals surface area contributed by atoms with Gasteiger partial charge in [-0.3, -0.25) is 0 Å². The second-order valence-corrected chi connectivity index (χ2v) is 4.55. The fourth-order valence-corrected chi connectivity index (χ4v) is 1.97. The van der Waals surface area contributed by atoms with Gasteiger partial charge >= 0.3 is 0 Å². The van der Waals surface area contributed by atoms with E-state index < -0.39 is 5.82 Å². The molecule has 3 aromatic rings. The number of ether oxygens (including phenoxy) is 1. The van der Waals surface area contributed by atoms with Gasteiger partial charge in [-0.2, -0.15) is 0 Å². The van der Waals surface area contributed by atoms with E-state index in [0.717, 1.165) is 5.56 Å². The molecule has 0 spiro atoms. The minimum atomic E-state index is -0.438. The molecule has 5 nitrogen and oxygen atoms in total. The smallest absolute Gasteiger partial charge is 0.181 e. The number of halogens is 1. The molecule has 0 unspecified atom stereocenters. The summed E-state index contributed by atoms with van der Waals surface area (Å²) in [6, 6.07) is 14.3. The zero-order valence-corrected chi connectivity index (χ0v) is 11.4. The SMILES string of the molecule is Cn1nnnc1-c1ccc(OCc2ccccc2)c(F)c1. The van der Waals surface area contributed by atoms with Gasteiger partial charge in [0.2, 0.25) is 0 Å². The Morgan fingerprint density at radius 2 is 1.95 bits per heavy atom. The monoisotopic (exact) mass is 284 g/mol. The summed E-state index contributed by atoms with van der Waals surface area (Å²) in [5.41, 5.74) is 1.59. The predicted octanol–water partition coefficient (Wildman–Crippen LogP) is 2.60. The topological polar surface area (TPSA) is 52.8 Å². The quantitative estimate of drug-likeness (QED) is 0.739. The molecular weight excluding hydrogens is 271 g/mol. The summed E-state index contributed by atoms with van der Waals surface area (Å²) in [6.45, 7) is 0.322. The lowest BCUT2D eigenvalue weighted by molar-refractivity contribution is 0.290. The van der Waals surface area contributed by atoms with Gasteiger partial charge in [0.1, 0.15) is 6.61 Å². The molecule has 6 heteroatoms. The molecule has 1 aromatic heterocycles. The van der Waals surface area contributed by atoms with Crippen molar-refractivity contribution in [2.75, 3.05) is 0 Å². The summed E-state index contributed by atoms with van der Waals surface area (Å²) in [5.74, 6) is 0.271. The minimum absolute atomic E-state index is 0.206.